The van der Waals surface area contributed by atoms with Gasteiger partial charge in [-0.15, -0.1) is 16.4 Å². The monoisotopic (exact) mass is 387 g/mol. The van der Waals surface area contributed by atoms with Crippen molar-refractivity contribution < 1.29 is 4.79 Å². The molecule has 0 radical (unpaired) electrons. The molecule has 0 bridgehead atoms. The highest BCUT2D eigenvalue weighted by Gasteiger charge is 2.30. The Balaban J connectivity index is 1.42. The van der Waals surface area contributed by atoms with Crippen molar-refractivity contribution in [3.8, 4) is 11.3 Å². The Bertz CT molecular complexity index is 974. The van der Waals surface area contributed by atoms with Gasteiger partial charge in [-0.05, 0) is 19.8 Å². The van der Waals surface area contributed by atoms with Gasteiger partial charge in [-0.25, -0.2) is 14.9 Å². The lowest BCUT2D eigenvalue weighted by Gasteiger charge is -2.10. The van der Waals surface area contributed by atoms with Crippen LogP contribution in [0.3, 0.4) is 0 Å². The highest BCUT2D eigenvalue weighted by molar-refractivity contribution is 8.00. The number of carbonyl (C=O) groups is 1. The first kappa shape index (κ1) is 17.0. The van der Waals surface area contributed by atoms with Gasteiger partial charge in [-0.1, -0.05) is 42.1 Å². The van der Waals surface area contributed by atoms with Gasteiger partial charge < -0.3 is 5.32 Å². The van der Waals surface area contributed by atoms with Crippen LogP contribution in [-0.2, 0) is 4.79 Å². The third-order valence-electron chi connectivity index (χ3n) is 4.04. The Morgan fingerprint density at radius 1 is 1.38 bits per heavy atom. The molecule has 1 amide bonds. The number of hydrogen-bond donors (Lipinski definition) is 2. The van der Waals surface area contributed by atoms with Crippen LogP contribution in [0.4, 0.5) is 5.13 Å². The zero-order chi connectivity index (χ0) is 18.1. The second-order valence-electron chi connectivity index (χ2n) is 6.07. The van der Waals surface area contributed by atoms with Crippen LogP contribution in [0.15, 0.2) is 45.7 Å². The SMILES string of the molecule is C[C@H](Sc1n[nH]c(=O)n1C1CC1)C(=O)Nc1nc(-c2ccccc2)cs1. The van der Waals surface area contributed by atoms with E-state index < -0.39 is 5.25 Å². The Kier molecular flexibility index (Phi) is 4.64. The lowest BCUT2D eigenvalue weighted by atomic mass is 10.2. The summed E-state index contributed by atoms with van der Waals surface area (Å²) in [7, 11) is 0. The summed E-state index contributed by atoms with van der Waals surface area (Å²) in [6.07, 6.45) is 1.96. The summed E-state index contributed by atoms with van der Waals surface area (Å²) >= 11 is 2.66. The minimum absolute atomic E-state index is 0.165. The molecule has 4 rings (SSSR count). The Morgan fingerprint density at radius 2 is 2.15 bits per heavy atom. The maximum absolute atomic E-state index is 12.5. The van der Waals surface area contributed by atoms with E-state index in [1.807, 2.05) is 35.7 Å². The summed E-state index contributed by atoms with van der Waals surface area (Å²) in [6.45, 7) is 1.79. The standard InChI is InChI=1S/C17H17N5O2S2/c1-10(26-17-21-20-16(24)22(17)12-7-8-12)14(23)19-15-18-13(9-25-15)11-5-3-2-4-6-11/h2-6,9-10,12H,7-8H2,1H3,(H,20,24)(H,18,19,23)/t10-/m0/s1. The van der Waals surface area contributed by atoms with Gasteiger partial charge in [0.1, 0.15) is 0 Å². The highest BCUT2D eigenvalue weighted by Crippen LogP contribution is 2.37. The molecule has 9 heteroatoms. The maximum atomic E-state index is 12.5. The molecule has 1 saturated carbocycles. The molecule has 1 aliphatic carbocycles. The van der Waals surface area contributed by atoms with Crippen molar-refractivity contribution in [3.63, 3.8) is 0 Å². The summed E-state index contributed by atoms with van der Waals surface area (Å²) in [5, 5.41) is 12.0. The van der Waals surface area contributed by atoms with E-state index in [1.54, 1.807) is 11.5 Å². The number of aromatic amines is 1. The molecule has 1 aromatic carbocycles. The Hall–Kier alpha value is -2.39. The number of nitrogens with zero attached hydrogens (tertiary/aromatic N) is 3. The number of nitrogens with one attached hydrogen (secondary N) is 2. The van der Waals surface area contributed by atoms with E-state index in [9.17, 15) is 9.59 Å². The lowest BCUT2D eigenvalue weighted by molar-refractivity contribution is -0.115. The van der Waals surface area contributed by atoms with Crippen LogP contribution in [-0.4, -0.2) is 30.9 Å². The topological polar surface area (TPSA) is 92.7 Å². The summed E-state index contributed by atoms with van der Waals surface area (Å²) < 4.78 is 1.64. The van der Waals surface area contributed by atoms with Gasteiger partial charge in [0.15, 0.2) is 10.3 Å². The van der Waals surface area contributed by atoms with E-state index in [0.29, 0.717) is 10.3 Å². The second-order valence-corrected chi connectivity index (χ2v) is 8.23. The van der Waals surface area contributed by atoms with Gasteiger partial charge in [-0.2, -0.15) is 0 Å². The lowest BCUT2D eigenvalue weighted by Crippen LogP contribution is -2.23. The van der Waals surface area contributed by atoms with Gasteiger partial charge in [-0.3, -0.25) is 9.36 Å². The van der Waals surface area contributed by atoms with Crippen molar-refractivity contribution in [2.24, 2.45) is 0 Å². The maximum Gasteiger partial charge on any atom is 0.344 e. The molecule has 0 spiro atoms. The first-order chi connectivity index (χ1) is 12.6. The number of aromatic nitrogens is 4. The predicted molar refractivity (Wildman–Crippen MR) is 103 cm³/mol. The van der Waals surface area contributed by atoms with Crippen molar-refractivity contribution in [1.82, 2.24) is 19.7 Å². The molecule has 3 aromatic rings. The van der Waals surface area contributed by atoms with E-state index in [1.165, 1.54) is 23.1 Å². The Labute approximate surface area is 157 Å². The van der Waals surface area contributed by atoms with E-state index >= 15 is 0 Å². The summed E-state index contributed by atoms with van der Waals surface area (Å²) in [4.78, 5) is 28.8. The minimum Gasteiger partial charge on any atom is -0.301 e. The smallest absolute Gasteiger partial charge is 0.301 e. The fourth-order valence-electron chi connectivity index (χ4n) is 2.52. The number of rotatable bonds is 6. The largest absolute Gasteiger partial charge is 0.344 e. The second kappa shape index (κ2) is 7.08. The highest BCUT2D eigenvalue weighted by atomic mass is 32.2. The summed E-state index contributed by atoms with van der Waals surface area (Å²) in [5.41, 5.74) is 1.63. The number of amides is 1. The van der Waals surface area contributed by atoms with E-state index in [-0.39, 0.29) is 17.6 Å². The minimum atomic E-state index is -0.397. The number of hydrogen-bond acceptors (Lipinski definition) is 6. The van der Waals surface area contributed by atoms with E-state index in [4.69, 9.17) is 0 Å². The molecule has 0 unspecified atom stereocenters. The molecule has 7 nitrogen and oxygen atoms in total. The number of thiazole rings is 1. The van der Waals surface area contributed by atoms with E-state index in [2.05, 4.69) is 20.5 Å². The van der Waals surface area contributed by atoms with Gasteiger partial charge in [0.05, 0.1) is 10.9 Å². The number of thioether (sulfide) groups is 1. The number of benzene rings is 1. The van der Waals surface area contributed by atoms with Gasteiger partial charge in [0.25, 0.3) is 0 Å². The Morgan fingerprint density at radius 3 is 2.88 bits per heavy atom. The molecule has 26 heavy (non-hydrogen) atoms. The van der Waals surface area contributed by atoms with Gasteiger partial charge in [0, 0.05) is 17.0 Å². The number of carbonyl (C=O) groups excluding carboxylic acids is 1. The molecule has 1 aliphatic rings. The average molecular weight is 387 g/mol. The van der Waals surface area contributed by atoms with Crippen LogP contribution in [0.25, 0.3) is 11.3 Å². The molecule has 1 fully saturated rings. The normalized spacial score (nSPS) is 15.0. The molecule has 0 aliphatic heterocycles. The third kappa shape index (κ3) is 3.58. The molecule has 2 N–H and O–H groups in total. The molecule has 134 valence electrons. The zero-order valence-corrected chi connectivity index (χ0v) is 15.6. The molecular weight excluding hydrogens is 370 g/mol. The molecule has 0 saturated heterocycles. The number of H-pyrrole nitrogens is 1. The van der Waals surface area contributed by atoms with Gasteiger partial charge in [0.2, 0.25) is 5.91 Å². The average Bonchev–Trinajstić information content (AvgIpc) is 3.26. The van der Waals surface area contributed by atoms with Crippen LogP contribution in [0.5, 0.6) is 0 Å². The molecule has 1 atom stereocenters. The van der Waals surface area contributed by atoms with Gasteiger partial charge >= 0.3 is 5.69 Å². The predicted octanol–water partition coefficient (Wildman–Crippen LogP) is 3.15. The van der Waals surface area contributed by atoms with Crippen LogP contribution < -0.4 is 11.0 Å². The van der Waals surface area contributed by atoms with Crippen molar-refractivity contribution in [2.45, 2.75) is 36.2 Å². The van der Waals surface area contributed by atoms with Crippen LogP contribution in [0.1, 0.15) is 25.8 Å². The quantitative estimate of drug-likeness (QED) is 0.634. The number of anilines is 1. The van der Waals surface area contributed by atoms with Crippen LogP contribution in [0.2, 0.25) is 0 Å². The fraction of sp³-hybridized carbons (Fsp3) is 0.294. The van der Waals surface area contributed by atoms with Crippen LogP contribution in [0, 0.1) is 0 Å². The summed E-state index contributed by atoms with van der Waals surface area (Å²) in [5.74, 6) is -0.165. The van der Waals surface area contributed by atoms with Crippen molar-refractivity contribution in [3.05, 3.63) is 46.2 Å². The van der Waals surface area contributed by atoms with E-state index in [0.717, 1.165) is 24.1 Å². The van der Waals surface area contributed by atoms with Crippen LogP contribution >= 0.6 is 23.1 Å². The molecule has 2 aromatic heterocycles. The summed E-state index contributed by atoms with van der Waals surface area (Å²) in [6, 6.07) is 10.0. The van der Waals surface area contributed by atoms with Crippen molar-refractivity contribution in [1.29, 1.82) is 0 Å². The van der Waals surface area contributed by atoms with Crippen molar-refractivity contribution in [2.75, 3.05) is 5.32 Å². The molecule has 2 heterocycles. The first-order valence-corrected chi connectivity index (χ1v) is 10.0. The zero-order valence-electron chi connectivity index (χ0n) is 14.0. The third-order valence-corrected chi connectivity index (χ3v) is 5.86. The fourth-order valence-corrected chi connectivity index (χ4v) is 4.17. The van der Waals surface area contributed by atoms with Crippen molar-refractivity contribution >= 4 is 34.1 Å². The first-order valence-electron chi connectivity index (χ1n) is 8.27. The molecular formula is C17H17N5O2S2.